The van der Waals surface area contributed by atoms with E-state index in [-0.39, 0.29) is 17.0 Å². The smallest absolute Gasteiger partial charge is 0.337 e. The monoisotopic (exact) mass is 466 g/mol. The Hall–Kier alpha value is -4.72. The molecule has 35 heavy (non-hydrogen) atoms. The van der Waals surface area contributed by atoms with Crippen LogP contribution in [0.5, 0.6) is 0 Å². The van der Waals surface area contributed by atoms with Crippen molar-refractivity contribution < 1.29 is 14.3 Å². The fraction of sp³-hybridized carbons (Fsp3) is 0.111. The molecule has 2 aromatic carbocycles. The second kappa shape index (κ2) is 8.90. The minimum Gasteiger partial charge on any atom is -0.478 e. The molecule has 5 aromatic rings. The molecule has 3 heterocycles. The number of aromatic carboxylic acids is 1. The van der Waals surface area contributed by atoms with Gasteiger partial charge in [-0.15, -0.1) is 0 Å². The van der Waals surface area contributed by atoms with Crippen LogP contribution >= 0.6 is 0 Å². The molecule has 0 saturated carbocycles. The normalized spacial score (nSPS) is 11.9. The highest BCUT2D eigenvalue weighted by molar-refractivity contribution is 5.94. The summed E-state index contributed by atoms with van der Waals surface area (Å²) < 4.78 is 7.88. The average molecular weight is 466 g/mol. The number of carbonyl (C=O) groups is 1. The van der Waals surface area contributed by atoms with E-state index in [1.807, 2.05) is 38.1 Å². The van der Waals surface area contributed by atoms with Gasteiger partial charge in [0.25, 0.3) is 0 Å². The standard InChI is InChI=1S/C27H22N4O4/c1-16-11-20(17(2)30-22-8-4-3-7-19(22)27(33)34)26-21(12-16)23(32)13-24(35-26)18-14-29-31(15-18)25-9-5-6-10-28-25/h3-15,17,30H,1-2H3,(H,33,34)/t17-/m1/s1. The Morgan fingerprint density at radius 2 is 1.91 bits per heavy atom. The molecule has 0 aliphatic carbocycles. The first kappa shape index (κ1) is 22.1. The first-order chi connectivity index (χ1) is 16.9. The molecular formula is C27H22N4O4. The number of nitrogens with one attached hydrogen (secondary N) is 1. The van der Waals surface area contributed by atoms with Crippen LogP contribution in [-0.4, -0.2) is 25.8 Å². The number of hydrogen-bond acceptors (Lipinski definition) is 6. The number of rotatable bonds is 6. The lowest BCUT2D eigenvalue weighted by Crippen LogP contribution is -2.12. The van der Waals surface area contributed by atoms with Crippen molar-refractivity contribution >= 4 is 22.6 Å². The van der Waals surface area contributed by atoms with Crippen LogP contribution in [0.25, 0.3) is 28.1 Å². The van der Waals surface area contributed by atoms with Gasteiger partial charge in [-0.2, -0.15) is 5.10 Å². The van der Waals surface area contributed by atoms with E-state index < -0.39 is 5.97 Å². The van der Waals surface area contributed by atoms with Gasteiger partial charge in [-0.25, -0.2) is 14.5 Å². The van der Waals surface area contributed by atoms with E-state index in [1.54, 1.807) is 53.6 Å². The maximum atomic E-state index is 13.1. The summed E-state index contributed by atoms with van der Waals surface area (Å²) in [5, 5.41) is 17.6. The third-order valence-corrected chi connectivity index (χ3v) is 5.75. The first-order valence-corrected chi connectivity index (χ1v) is 11.0. The second-order valence-electron chi connectivity index (χ2n) is 8.28. The van der Waals surface area contributed by atoms with E-state index >= 15 is 0 Å². The summed E-state index contributed by atoms with van der Waals surface area (Å²) in [6, 6.07) is 17.1. The summed E-state index contributed by atoms with van der Waals surface area (Å²) in [5.41, 5.74) is 3.20. The van der Waals surface area contributed by atoms with Crippen LogP contribution in [0.4, 0.5) is 5.69 Å². The molecule has 0 spiro atoms. The molecule has 174 valence electrons. The molecule has 0 radical (unpaired) electrons. The molecule has 5 rings (SSSR count). The molecule has 0 bridgehead atoms. The Morgan fingerprint density at radius 1 is 1.11 bits per heavy atom. The van der Waals surface area contributed by atoms with Crippen LogP contribution in [0.3, 0.4) is 0 Å². The second-order valence-corrected chi connectivity index (χ2v) is 8.28. The molecule has 0 fully saturated rings. The van der Waals surface area contributed by atoms with E-state index in [4.69, 9.17) is 4.42 Å². The number of pyridine rings is 1. The Bertz CT molecular complexity index is 1610. The molecule has 0 aliphatic heterocycles. The maximum Gasteiger partial charge on any atom is 0.337 e. The minimum absolute atomic E-state index is 0.167. The third-order valence-electron chi connectivity index (χ3n) is 5.75. The van der Waals surface area contributed by atoms with Gasteiger partial charge in [-0.1, -0.05) is 24.3 Å². The van der Waals surface area contributed by atoms with Gasteiger partial charge in [-0.05, 0) is 49.7 Å². The largest absolute Gasteiger partial charge is 0.478 e. The van der Waals surface area contributed by atoms with Crippen molar-refractivity contribution in [2.75, 3.05) is 5.32 Å². The summed E-state index contributed by atoms with van der Waals surface area (Å²) in [4.78, 5) is 29.0. The van der Waals surface area contributed by atoms with Gasteiger partial charge in [0.2, 0.25) is 0 Å². The first-order valence-electron chi connectivity index (χ1n) is 11.0. The number of fused-ring (bicyclic) bond motifs is 1. The number of carboxylic acid groups (broad SMARTS) is 1. The highest BCUT2D eigenvalue weighted by atomic mass is 16.4. The van der Waals surface area contributed by atoms with E-state index in [0.717, 1.165) is 11.1 Å². The van der Waals surface area contributed by atoms with Gasteiger partial charge in [0.05, 0.1) is 28.8 Å². The molecule has 0 amide bonds. The number of nitrogens with zero attached hydrogens (tertiary/aromatic N) is 3. The van der Waals surface area contributed by atoms with E-state index in [9.17, 15) is 14.7 Å². The molecule has 2 N–H and O–H groups in total. The zero-order chi connectivity index (χ0) is 24.5. The third kappa shape index (κ3) is 4.29. The Kier molecular flexibility index (Phi) is 5.62. The van der Waals surface area contributed by atoms with E-state index in [2.05, 4.69) is 15.4 Å². The van der Waals surface area contributed by atoms with Crippen LogP contribution in [0.15, 0.2) is 88.5 Å². The SMILES string of the molecule is Cc1cc([C@@H](C)Nc2ccccc2C(=O)O)c2oc(-c3cnn(-c4ccccn4)c3)cc(=O)c2c1. The van der Waals surface area contributed by atoms with Gasteiger partial charge in [-0.3, -0.25) is 4.79 Å². The van der Waals surface area contributed by atoms with Crippen molar-refractivity contribution in [3.63, 3.8) is 0 Å². The van der Waals surface area contributed by atoms with Crippen LogP contribution in [0, 0.1) is 6.92 Å². The van der Waals surface area contributed by atoms with Crippen LogP contribution in [0.1, 0.15) is 34.5 Å². The number of carboxylic acids is 1. The number of aromatic nitrogens is 3. The fourth-order valence-electron chi connectivity index (χ4n) is 4.07. The molecular weight excluding hydrogens is 444 g/mol. The lowest BCUT2D eigenvalue weighted by molar-refractivity contribution is 0.0698. The lowest BCUT2D eigenvalue weighted by Gasteiger charge is -2.19. The number of para-hydroxylation sites is 1. The Labute approximate surface area is 200 Å². The van der Waals surface area contributed by atoms with Crippen LogP contribution in [0.2, 0.25) is 0 Å². The number of aryl methyl sites for hydroxylation is 1. The zero-order valence-electron chi connectivity index (χ0n) is 19.1. The van der Waals surface area contributed by atoms with Gasteiger partial charge in [0.1, 0.15) is 11.3 Å². The summed E-state index contributed by atoms with van der Waals surface area (Å²) in [5.74, 6) is 0.00849. The molecule has 0 aliphatic rings. The van der Waals surface area contributed by atoms with Crippen molar-refractivity contribution in [3.05, 3.63) is 106 Å². The summed E-state index contributed by atoms with van der Waals surface area (Å²) in [7, 11) is 0. The average Bonchev–Trinajstić information content (AvgIpc) is 3.35. The van der Waals surface area contributed by atoms with Crippen molar-refractivity contribution in [2.24, 2.45) is 0 Å². The van der Waals surface area contributed by atoms with Crippen molar-refractivity contribution in [1.82, 2.24) is 14.8 Å². The molecule has 8 heteroatoms. The summed E-state index contributed by atoms with van der Waals surface area (Å²) >= 11 is 0. The molecule has 0 unspecified atom stereocenters. The Morgan fingerprint density at radius 3 is 2.69 bits per heavy atom. The highest BCUT2D eigenvalue weighted by Crippen LogP contribution is 2.31. The summed E-state index contributed by atoms with van der Waals surface area (Å²) in [6.07, 6.45) is 5.06. The predicted octanol–water partition coefficient (Wildman–Crippen LogP) is 5.22. The number of benzene rings is 2. The van der Waals surface area contributed by atoms with Crippen molar-refractivity contribution in [2.45, 2.75) is 19.9 Å². The quantitative estimate of drug-likeness (QED) is 0.353. The molecule has 1 atom stereocenters. The van der Waals surface area contributed by atoms with Gasteiger partial charge < -0.3 is 14.8 Å². The van der Waals surface area contributed by atoms with Crippen LogP contribution < -0.4 is 10.7 Å². The van der Waals surface area contributed by atoms with E-state index in [1.165, 1.54) is 6.07 Å². The topological polar surface area (TPSA) is 110 Å². The highest BCUT2D eigenvalue weighted by Gasteiger charge is 2.19. The van der Waals surface area contributed by atoms with Gasteiger partial charge >= 0.3 is 5.97 Å². The fourth-order valence-corrected chi connectivity index (χ4v) is 4.07. The van der Waals surface area contributed by atoms with Crippen molar-refractivity contribution in [3.8, 4) is 17.1 Å². The Balaban J connectivity index is 1.59. The van der Waals surface area contributed by atoms with E-state index in [0.29, 0.717) is 33.8 Å². The maximum absolute atomic E-state index is 13.1. The summed E-state index contributed by atoms with van der Waals surface area (Å²) in [6.45, 7) is 3.81. The molecule has 3 aromatic heterocycles. The van der Waals surface area contributed by atoms with Gasteiger partial charge in [0.15, 0.2) is 11.2 Å². The minimum atomic E-state index is -1.02. The molecule has 8 nitrogen and oxygen atoms in total. The predicted molar refractivity (Wildman–Crippen MR) is 133 cm³/mol. The van der Waals surface area contributed by atoms with Gasteiger partial charge in [0, 0.05) is 29.7 Å². The van der Waals surface area contributed by atoms with Crippen molar-refractivity contribution in [1.29, 1.82) is 0 Å². The zero-order valence-corrected chi connectivity index (χ0v) is 19.1. The lowest BCUT2D eigenvalue weighted by atomic mass is 10.0. The molecule has 0 saturated heterocycles. The number of hydrogen-bond donors (Lipinski definition) is 2. The number of anilines is 1. The van der Waals surface area contributed by atoms with Crippen LogP contribution in [-0.2, 0) is 0 Å².